The van der Waals surface area contributed by atoms with Gasteiger partial charge in [-0.25, -0.2) is 0 Å². The van der Waals surface area contributed by atoms with Crippen LogP contribution in [0.5, 0.6) is 0 Å². The Morgan fingerprint density at radius 1 is 1.17 bits per heavy atom. The van der Waals surface area contributed by atoms with E-state index in [0.717, 1.165) is 10.0 Å². The Kier molecular flexibility index (Phi) is 3.53. The third kappa shape index (κ3) is 2.20. The number of rotatable bonds is 3. The highest BCUT2D eigenvalue weighted by Crippen LogP contribution is 2.30. The maximum absolute atomic E-state index is 4.16. The Labute approximate surface area is 81.8 Å². The lowest BCUT2D eigenvalue weighted by Crippen LogP contribution is -1.85. The molecule has 0 bridgehead atoms. The predicted octanol–water partition coefficient (Wildman–Crippen LogP) is 3.09. The summed E-state index contributed by atoms with van der Waals surface area (Å²) in [5.74, 6) is 0.505. The van der Waals surface area contributed by atoms with E-state index < -0.39 is 0 Å². The van der Waals surface area contributed by atoms with E-state index >= 15 is 0 Å². The van der Waals surface area contributed by atoms with Crippen LogP contribution < -0.4 is 0 Å². The molecule has 1 aromatic rings. The van der Waals surface area contributed by atoms with Gasteiger partial charge in [-0.1, -0.05) is 13.8 Å². The topological polar surface area (TPSA) is 25.8 Å². The van der Waals surface area contributed by atoms with Crippen LogP contribution in [0.2, 0.25) is 0 Å². The maximum Gasteiger partial charge on any atom is 0.130 e. The molecule has 0 fully saturated rings. The molecule has 0 aliphatic carbocycles. The molecule has 0 aliphatic rings. The molecule has 1 aromatic heterocycles. The summed E-state index contributed by atoms with van der Waals surface area (Å²) in [6, 6.07) is 0. The number of aromatic nitrogens is 2. The normalized spacial score (nSPS) is 13.8. The van der Waals surface area contributed by atoms with Crippen LogP contribution in [0.4, 0.5) is 0 Å². The molecular formula is C8H14N2S2. The van der Waals surface area contributed by atoms with Gasteiger partial charge < -0.3 is 0 Å². The molecule has 2 nitrogen and oxygen atoms in total. The minimum Gasteiger partial charge on any atom is -0.155 e. The summed E-state index contributed by atoms with van der Waals surface area (Å²) < 4.78 is 0. The third-order valence-corrected chi connectivity index (χ3v) is 4.14. The molecule has 4 heteroatoms. The molecular weight excluding hydrogens is 188 g/mol. The van der Waals surface area contributed by atoms with Crippen LogP contribution in [0.3, 0.4) is 0 Å². The van der Waals surface area contributed by atoms with Gasteiger partial charge in [0.05, 0.1) is 5.25 Å². The largest absolute Gasteiger partial charge is 0.155 e. The summed E-state index contributed by atoms with van der Waals surface area (Å²) in [4.78, 5) is 0. The van der Waals surface area contributed by atoms with Crippen LogP contribution >= 0.6 is 23.1 Å². The van der Waals surface area contributed by atoms with Crippen molar-refractivity contribution >= 4 is 23.1 Å². The van der Waals surface area contributed by atoms with Crippen molar-refractivity contribution in [2.45, 2.75) is 31.9 Å². The Morgan fingerprint density at radius 2 is 1.75 bits per heavy atom. The molecule has 1 rings (SSSR count). The molecule has 1 atom stereocenters. The van der Waals surface area contributed by atoms with E-state index in [9.17, 15) is 0 Å². The molecule has 0 saturated heterocycles. The highest BCUT2D eigenvalue weighted by atomic mass is 32.2. The lowest BCUT2D eigenvalue weighted by Gasteiger charge is -2.00. The summed E-state index contributed by atoms with van der Waals surface area (Å²) in [5, 5.41) is 11.1. The van der Waals surface area contributed by atoms with Crippen LogP contribution in [0.1, 0.15) is 42.0 Å². The lowest BCUT2D eigenvalue weighted by molar-refractivity contribution is 0.817. The van der Waals surface area contributed by atoms with Crippen molar-refractivity contribution in [3.05, 3.63) is 10.0 Å². The first kappa shape index (κ1) is 9.99. The van der Waals surface area contributed by atoms with E-state index in [4.69, 9.17) is 0 Å². The summed E-state index contributed by atoms with van der Waals surface area (Å²) >= 11 is 3.54. The first-order chi connectivity index (χ1) is 5.65. The van der Waals surface area contributed by atoms with Crippen molar-refractivity contribution in [1.29, 1.82) is 0 Å². The lowest BCUT2D eigenvalue weighted by atomic mass is 10.2. The zero-order valence-corrected chi connectivity index (χ0v) is 9.50. The van der Waals surface area contributed by atoms with Gasteiger partial charge in [0.15, 0.2) is 0 Å². The van der Waals surface area contributed by atoms with E-state index in [1.165, 1.54) is 0 Å². The van der Waals surface area contributed by atoms with Gasteiger partial charge in [0, 0.05) is 5.92 Å². The highest BCUT2D eigenvalue weighted by molar-refractivity contribution is 7.98. The molecule has 0 radical (unpaired) electrons. The van der Waals surface area contributed by atoms with Crippen LogP contribution in [0, 0.1) is 0 Å². The summed E-state index contributed by atoms with van der Waals surface area (Å²) in [5.41, 5.74) is 0. The molecule has 0 N–H and O–H groups in total. The third-order valence-electron chi connectivity index (χ3n) is 1.65. The van der Waals surface area contributed by atoms with Crippen LogP contribution in [-0.4, -0.2) is 16.5 Å². The van der Waals surface area contributed by atoms with Gasteiger partial charge in [0.2, 0.25) is 0 Å². The highest BCUT2D eigenvalue weighted by Gasteiger charge is 2.12. The Morgan fingerprint density at radius 3 is 2.17 bits per heavy atom. The zero-order chi connectivity index (χ0) is 9.14. The second kappa shape index (κ2) is 4.23. The van der Waals surface area contributed by atoms with Gasteiger partial charge in [-0.3, -0.25) is 0 Å². The molecule has 0 aliphatic heterocycles. The van der Waals surface area contributed by atoms with Crippen molar-refractivity contribution in [2.24, 2.45) is 0 Å². The summed E-state index contributed by atoms with van der Waals surface area (Å²) in [7, 11) is 0. The smallest absolute Gasteiger partial charge is 0.130 e. The van der Waals surface area contributed by atoms with Gasteiger partial charge >= 0.3 is 0 Å². The van der Waals surface area contributed by atoms with Gasteiger partial charge in [-0.2, -0.15) is 11.8 Å². The Balaban J connectivity index is 2.77. The number of nitrogens with zero attached hydrogens (tertiary/aromatic N) is 2. The molecule has 0 aromatic carbocycles. The van der Waals surface area contributed by atoms with Gasteiger partial charge in [0.1, 0.15) is 10.0 Å². The SMILES string of the molecule is CSC(C)c1nnc(C(C)C)s1. The first-order valence-corrected chi connectivity index (χ1v) is 6.11. The number of hydrogen-bond donors (Lipinski definition) is 0. The molecule has 68 valence electrons. The van der Waals surface area contributed by atoms with Gasteiger partial charge in [-0.05, 0) is 13.2 Å². The Hall–Kier alpha value is -0.0900. The second-order valence-electron chi connectivity index (χ2n) is 3.01. The van der Waals surface area contributed by atoms with E-state index in [1.54, 1.807) is 11.3 Å². The number of hydrogen-bond acceptors (Lipinski definition) is 4. The molecule has 0 spiro atoms. The summed E-state index contributed by atoms with van der Waals surface area (Å²) in [6.45, 7) is 6.46. The zero-order valence-electron chi connectivity index (χ0n) is 7.87. The van der Waals surface area contributed by atoms with Crippen molar-refractivity contribution in [3.8, 4) is 0 Å². The van der Waals surface area contributed by atoms with Crippen molar-refractivity contribution in [3.63, 3.8) is 0 Å². The minimum atomic E-state index is 0.481. The molecule has 0 saturated carbocycles. The van der Waals surface area contributed by atoms with Crippen molar-refractivity contribution < 1.29 is 0 Å². The van der Waals surface area contributed by atoms with Crippen LogP contribution in [-0.2, 0) is 0 Å². The molecule has 1 unspecified atom stereocenters. The van der Waals surface area contributed by atoms with E-state index in [0.29, 0.717) is 11.2 Å². The van der Waals surface area contributed by atoms with Crippen molar-refractivity contribution in [1.82, 2.24) is 10.2 Å². The van der Waals surface area contributed by atoms with E-state index in [-0.39, 0.29) is 0 Å². The molecule has 1 heterocycles. The first-order valence-electron chi connectivity index (χ1n) is 4.01. The van der Waals surface area contributed by atoms with E-state index in [2.05, 4.69) is 37.2 Å². The van der Waals surface area contributed by atoms with Crippen molar-refractivity contribution in [2.75, 3.05) is 6.26 Å². The molecule has 12 heavy (non-hydrogen) atoms. The number of thioether (sulfide) groups is 1. The van der Waals surface area contributed by atoms with Gasteiger partial charge in [-0.15, -0.1) is 21.5 Å². The average Bonchev–Trinajstić information content (AvgIpc) is 2.51. The fraction of sp³-hybridized carbons (Fsp3) is 0.750. The minimum absolute atomic E-state index is 0.481. The predicted molar refractivity (Wildman–Crippen MR) is 55.9 cm³/mol. The molecule has 0 amide bonds. The standard InChI is InChI=1S/C8H14N2S2/c1-5(2)7-9-10-8(12-7)6(3)11-4/h5-6H,1-4H3. The fourth-order valence-electron chi connectivity index (χ4n) is 0.745. The van der Waals surface area contributed by atoms with Gasteiger partial charge in [0.25, 0.3) is 0 Å². The fourth-order valence-corrected chi connectivity index (χ4v) is 2.21. The van der Waals surface area contributed by atoms with Crippen LogP contribution in [0.15, 0.2) is 0 Å². The second-order valence-corrected chi connectivity index (χ2v) is 5.23. The maximum atomic E-state index is 4.16. The van der Waals surface area contributed by atoms with Crippen LogP contribution in [0.25, 0.3) is 0 Å². The summed E-state index contributed by atoms with van der Waals surface area (Å²) in [6.07, 6.45) is 2.10. The quantitative estimate of drug-likeness (QED) is 0.753. The Bertz CT molecular complexity index is 245. The van der Waals surface area contributed by atoms with E-state index in [1.807, 2.05) is 11.8 Å². The average molecular weight is 202 g/mol. The monoisotopic (exact) mass is 202 g/mol.